The lowest BCUT2D eigenvalue weighted by Crippen LogP contribution is -2.18. The second-order valence-electron chi connectivity index (χ2n) is 5.13. The van der Waals surface area contributed by atoms with Crippen molar-refractivity contribution in [3.05, 3.63) is 30.0 Å². The molecule has 0 bridgehead atoms. The van der Waals surface area contributed by atoms with E-state index in [1.165, 1.54) is 36.9 Å². The van der Waals surface area contributed by atoms with Crippen molar-refractivity contribution in [1.82, 2.24) is 9.47 Å². The molecule has 2 aromatic rings. The second-order valence-corrected chi connectivity index (χ2v) is 5.13. The molecule has 1 N–H and O–H groups in total. The maximum absolute atomic E-state index is 9.62. The summed E-state index contributed by atoms with van der Waals surface area (Å²) in [6.45, 7) is 6.56. The molecule has 0 radical (unpaired) electrons. The smallest absolute Gasteiger partial charge is 0.117 e. The summed E-state index contributed by atoms with van der Waals surface area (Å²) in [5, 5.41) is 10.9. The fourth-order valence-corrected chi connectivity index (χ4v) is 2.93. The number of phenolic OH excluding ortho intramolecular Hbond substituents is 1. The number of hydrogen-bond acceptors (Lipinski definition) is 2. The van der Waals surface area contributed by atoms with Gasteiger partial charge in [-0.3, -0.25) is 4.90 Å². The van der Waals surface area contributed by atoms with Gasteiger partial charge in [-0.25, -0.2) is 0 Å². The first-order valence-corrected chi connectivity index (χ1v) is 6.81. The fourth-order valence-electron chi connectivity index (χ4n) is 2.93. The number of benzene rings is 1. The number of aryl methyl sites for hydroxylation is 1. The van der Waals surface area contributed by atoms with E-state index in [4.69, 9.17) is 0 Å². The van der Waals surface area contributed by atoms with Gasteiger partial charge in [0.05, 0.1) is 5.52 Å². The largest absolute Gasteiger partial charge is 0.508 e. The zero-order chi connectivity index (χ0) is 12.5. The van der Waals surface area contributed by atoms with Gasteiger partial charge in [-0.15, -0.1) is 0 Å². The standard InChI is InChI=1S/C15H20N2O/c1-2-17-11-12(10-16-7-3-4-8-16)14-6-5-13(18)9-15(14)17/h5-6,9,11,18H,2-4,7-8,10H2,1H3. The van der Waals surface area contributed by atoms with Crippen molar-refractivity contribution in [1.29, 1.82) is 0 Å². The Hall–Kier alpha value is -1.48. The van der Waals surface area contributed by atoms with Crippen molar-refractivity contribution in [2.24, 2.45) is 0 Å². The third-order valence-corrected chi connectivity index (χ3v) is 3.88. The number of fused-ring (bicyclic) bond motifs is 1. The lowest BCUT2D eigenvalue weighted by atomic mass is 10.1. The van der Waals surface area contributed by atoms with Gasteiger partial charge in [-0.1, -0.05) is 0 Å². The van der Waals surface area contributed by atoms with Crippen LogP contribution in [-0.2, 0) is 13.1 Å². The Kier molecular flexibility index (Phi) is 3.00. The van der Waals surface area contributed by atoms with Crippen LogP contribution in [0.3, 0.4) is 0 Å². The van der Waals surface area contributed by atoms with Gasteiger partial charge in [-0.05, 0) is 50.6 Å². The van der Waals surface area contributed by atoms with E-state index in [1.54, 1.807) is 6.07 Å². The van der Waals surface area contributed by atoms with Crippen molar-refractivity contribution in [2.75, 3.05) is 13.1 Å². The molecule has 18 heavy (non-hydrogen) atoms. The Balaban J connectivity index is 2.00. The van der Waals surface area contributed by atoms with E-state index in [1.807, 2.05) is 12.1 Å². The molecule has 0 saturated carbocycles. The monoisotopic (exact) mass is 244 g/mol. The quantitative estimate of drug-likeness (QED) is 0.899. The lowest BCUT2D eigenvalue weighted by Gasteiger charge is -2.13. The normalized spacial score (nSPS) is 16.7. The summed E-state index contributed by atoms with van der Waals surface area (Å²) in [6.07, 6.45) is 4.89. The van der Waals surface area contributed by atoms with Gasteiger partial charge in [0.15, 0.2) is 0 Å². The molecule has 1 aromatic carbocycles. The van der Waals surface area contributed by atoms with E-state index < -0.39 is 0 Å². The van der Waals surface area contributed by atoms with Crippen molar-refractivity contribution < 1.29 is 5.11 Å². The highest BCUT2D eigenvalue weighted by Crippen LogP contribution is 2.27. The van der Waals surface area contributed by atoms with Crippen molar-refractivity contribution in [3.63, 3.8) is 0 Å². The number of hydrogen-bond donors (Lipinski definition) is 1. The third-order valence-electron chi connectivity index (χ3n) is 3.88. The van der Waals surface area contributed by atoms with Crippen LogP contribution in [-0.4, -0.2) is 27.7 Å². The summed E-state index contributed by atoms with van der Waals surface area (Å²) < 4.78 is 2.22. The molecular weight excluding hydrogens is 224 g/mol. The van der Waals surface area contributed by atoms with Crippen LogP contribution in [0.5, 0.6) is 5.75 Å². The summed E-state index contributed by atoms with van der Waals surface area (Å²) in [5.74, 6) is 0.350. The summed E-state index contributed by atoms with van der Waals surface area (Å²) in [5.41, 5.74) is 2.53. The Labute approximate surface area is 108 Å². The third kappa shape index (κ3) is 1.99. The van der Waals surface area contributed by atoms with E-state index in [2.05, 4.69) is 22.6 Å². The van der Waals surface area contributed by atoms with Crippen LogP contribution >= 0.6 is 0 Å². The highest BCUT2D eigenvalue weighted by molar-refractivity contribution is 5.85. The number of phenols is 1. The average molecular weight is 244 g/mol. The van der Waals surface area contributed by atoms with Crippen LogP contribution in [0.2, 0.25) is 0 Å². The molecule has 1 aliphatic rings. The summed E-state index contributed by atoms with van der Waals surface area (Å²) in [4.78, 5) is 2.52. The molecule has 0 unspecified atom stereocenters. The lowest BCUT2D eigenvalue weighted by molar-refractivity contribution is 0.332. The first-order chi connectivity index (χ1) is 8.78. The molecule has 3 heteroatoms. The molecule has 96 valence electrons. The molecule has 1 fully saturated rings. The van der Waals surface area contributed by atoms with Crippen molar-refractivity contribution in [3.8, 4) is 5.75 Å². The average Bonchev–Trinajstić information content (AvgIpc) is 2.98. The Morgan fingerprint density at radius 3 is 2.72 bits per heavy atom. The Morgan fingerprint density at radius 2 is 2.00 bits per heavy atom. The Morgan fingerprint density at radius 1 is 1.22 bits per heavy atom. The minimum Gasteiger partial charge on any atom is -0.508 e. The van der Waals surface area contributed by atoms with Crippen LogP contribution in [0.25, 0.3) is 10.9 Å². The topological polar surface area (TPSA) is 28.4 Å². The number of nitrogens with zero attached hydrogens (tertiary/aromatic N) is 2. The summed E-state index contributed by atoms with van der Waals surface area (Å²) in [7, 11) is 0. The van der Waals surface area contributed by atoms with Gasteiger partial charge in [0.2, 0.25) is 0 Å². The summed E-state index contributed by atoms with van der Waals surface area (Å²) in [6, 6.07) is 5.70. The van der Waals surface area contributed by atoms with Crippen LogP contribution in [0, 0.1) is 0 Å². The van der Waals surface area contributed by atoms with E-state index in [-0.39, 0.29) is 0 Å². The first-order valence-electron chi connectivity index (χ1n) is 6.81. The molecule has 0 spiro atoms. The second kappa shape index (κ2) is 4.65. The highest BCUT2D eigenvalue weighted by Gasteiger charge is 2.15. The first kappa shape index (κ1) is 11.6. The number of aromatic nitrogens is 1. The highest BCUT2D eigenvalue weighted by atomic mass is 16.3. The molecule has 1 saturated heterocycles. The predicted octanol–water partition coefficient (Wildman–Crippen LogP) is 2.96. The van der Waals surface area contributed by atoms with Crippen LogP contribution in [0.15, 0.2) is 24.4 Å². The molecule has 0 atom stereocenters. The Bertz CT molecular complexity index is 553. The molecule has 2 heterocycles. The van der Waals surface area contributed by atoms with Crippen LogP contribution in [0.1, 0.15) is 25.3 Å². The van der Waals surface area contributed by atoms with Gasteiger partial charge >= 0.3 is 0 Å². The maximum Gasteiger partial charge on any atom is 0.117 e. The van der Waals surface area contributed by atoms with Crippen LogP contribution < -0.4 is 0 Å². The van der Waals surface area contributed by atoms with Gasteiger partial charge < -0.3 is 9.67 Å². The number of likely N-dealkylation sites (tertiary alicyclic amines) is 1. The van der Waals surface area contributed by atoms with E-state index in [0.717, 1.165) is 18.6 Å². The SMILES string of the molecule is CCn1cc(CN2CCCC2)c2ccc(O)cc21. The fraction of sp³-hybridized carbons (Fsp3) is 0.467. The molecule has 1 aliphatic heterocycles. The van der Waals surface area contributed by atoms with E-state index >= 15 is 0 Å². The van der Waals surface area contributed by atoms with Crippen molar-refractivity contribution in [2.45, 2.75) is 32.9 Å². The number of aromatic hydroxyl groups is 1. The number of rotatable bonds is 3. The maximum atomic E-state index is 9.62. The minimum absolute atomic E-state index is 0.350. The van der Waals surface area contributed by atoms with E-state index in [0.29, 0.717) is 5.75 Å². The zero-order valence-corrected chi connectivity index (χ0v) is 10.9. The summed E-state index contributed by atoms with van der Waals surface area (Å²) >= 11 is 0. The molecule has 0 amide bonds. The molecule has 3 rings (SSSR count). The molecule has 0 aliphatic carbocycles. The van der Waals surface area contributed by atoms with Gasteiger partial charge in [0, 0.05) is 30.7 Å². The predicted molar refractivity (Wildman–Crippen MR) is 73.8 cm³/mol. The van der Waals surface area contributed by atoms with Crippen molar-refractivity contribution >= 4 is 10.9 Å². The molecule has 3 nitrogen and oxygen atoms in total. The zero-order valence-electron chi connectivity index (χ0n) is 10.9. The molecular formula is C15H20N2O. The molecule has 1 aromatic heterocycles. The van der Waals surface area contributed by atoms with Gasteiger partial charge in [0.25, 0.3) is 0 Å². The van der Waals surface area contributed by atoms with Crippen LogP contribution in [0.4, 0.5) is 0 Å². The van der Waals surface area contributed by atoms with Gasteiger partial charge in [-0.2, -0.15) is 0 Å². The van der Waals surface area contributed by atoms with Gasteiger partial charge in [0.1, 0.15) is 5.75 Å². The minimum atomic E-state index is 0.350. The van der Waals surface area contributed by atoms with E-state index in [9.17, 15) is 5.11 Å².